The van der Waals surface area contributed by atoms with Crippen LogP contribution in [0.2, 0.25) is 0 Å². The van der Waals surface area contributed by atoms with Gasteiger partial charge in [-0.1, -0.05) is 97.1 Å². The van der Waals surface area contributed by atoms with Gasteiger partial charge in [0.15, 0.2) is 0 Å². The van der Waals surface area contributed by atoms with Crippen molar-refractivity contribution in [2.45, 2.75) is 0 Å². The van der Waals surface area contributed by atoms with Crippen LogP contribution in [0.5, 0.6) is 0 Å². The molecule has 9 aromatic carbocycles. The Labute approximate surface area is 368 Å². The molecule has 0 atom stereocenters. The highest BCUT2D eigenvalue weighted by molar-refractivity contribution is 7.22. The molecule has 0 aliphatic heterocycles. The minimum atomic E-state index is 1.01. The zero-order chi connectivity index (χ0) is 40.7. The van der Waals surface area contributed by atoms with E-state index in [-0.39, 0.29) is 0 Å². The number of hydrogen-bond donors (Lipinski definition) is 0. The number of hydrogen-bond acceptors (Lipinski definition) is 6. The summed E-state index contributed by atoms with van der Waals surface area (Å²) in [7, 11) is 0. The van der Waals surface area contributed by atoms with Crippen LogP contribution in [0.3, 0.4) is 0 Å². The monoisotopic (exact) mass is 844 g/mol. The van der Waals surface area contributed by atoms with Gasteiger partial charge in [-0.2, -0.15) is 0 Å². The first kappa shape index (κ1) is 35.5. The SMILES string of the molecule is c1ccc(-c2ccc3nc(-c4ccc5c(c4)c4cc(-c6nc7ccc(-c8ccccc8)cc7s6)ccc4n5-c4ccc(-c5nc6cc7ccccc7cc6s5)cc4)sc3c2)cc1. The van der Waals surface area contributed by atoms with Crippen LogP contribution in [-0.2, 0) is 0 Å². The maximum Gasteiger partial charge on any atom is 0.124 e. The van der Waals surface area contributed by atoms with E-state index in [1.165, 1.54) is 57.9 Å². The van der Waals surface area contributed by atoms with E-state index in [0.717, 1.165) is 65.0 Å². The lowest BCUT2D eigenvalue weighted by Gasteiger charge is -2.09. The number of thiazole rings is 3. The number of nitrogens with zero attached hydrogens (tertiary/aromatic N) is 4. The van der Waals surface area contributed by atoms with Crippen molar-refractivity contribution >= 4 is 97.2 Å². The molecule has 0 spiro atoms. The van der Waals surface area contributed by atoms with Crippen LogP contribution in [0.15, 0.2) is 194 Å². The molecule has 0 unspecified atom stereocenters. The fourth-order valence-electron chi connectivity index (χ4n) is 8.77. The molecule has 0 aliphatic rings. The van der Waals surface area contributed by atoms with Gasteiger partial charge in [0.05, 0.1) is 41.7 Å². The van der Waals surface area contributed by atoms with Gasteiger partial charge in [0.2, 0.25) is 0 Å². The third-order valence-corrected chi connectivity index (χ3v) is 15.1. The number of rotatable bonds is 6. The molecule has 62 heavy (non-hydrogen) atoms. The normalized spacial score (nSPS) is 11.9. The minimum absolute atomic E-state index is 1.01. The van der Waals surface area contributed by atoms with Gasteiger partial charge in [0, 0.05) is 33.2 Å². The van der Waals surface area contributed by atoms with Crippen LogP contribution in [-0.4, -0.2) is 19.5 Å². The molecule has 4 aromatic heterocycles. The van der Waals surface area contributed by atoms with E-state index in [2.05, 4.69) is 199 Å². The van der Waals surface area contributed by atoms with Crippen molar-refractivity contribution in [2.75, 3.05) is 0 Å². The van der Waals surface area contributed by atoms with Crippen molar-refractivity contribution in [3.05, 3.63) is 194 Å². The van der Waals surface area contributed by atoms with Crippen LogP contribution in [0, 0.1) is 0 Å². The summed E-state index contributed by atoms with van der Waals surface area (Å²) in [4.78, 5) is 15.4. The highest BCUT2D eigenvalue weighted by Gasteiger charge is 2.18. The van der Waals surface area contributed by atoms with E-state index in [1.807, 2.05) is 0 Å². The zero-order valence-electron chi connectivity index (χ0n) is 33.0. The lowest BCUT2D eigenvalue weighted by atomic mass is 10.1. The van der Waals surface area contributed by atoms with Gasteiger partial charge in [0.1, 0.15) is 15.0 Å². The third kappa shape index (κ3) is 5.97. The molecule has 4 nitrogen and oxygen atoms in total. The van der Waals surface area contributed by atoms with Crippen LogP contribution in [0.1, 0.15) is 0 Å². The van der Waals surface area contributed by atoms with Gasteiger partial charge in [-0.25, -0.2) is 15.0 Å². The van der Waals surface area contributed by atoms with Gasteiger partial charge >= 0.3 is 0 Å². The molecule has 13 rings (SSSR count). The Bertz CT molecular complexity index is 3630. The number of benzene rings is 9. The van der Waals surface area contributed by atoms with Gasteiger partial charge < -0.3 is 4.57 Å². The summed E-state index contributed by atoms with van der Waals surface area (Å²) in [5.74, 6) is 0. The van der Waals surface area contributed by atoms with Gasteiger partial charge in [0.25, 0.3) is 0 Å². The Morgan fingerprint density at radius 3 is 1.29 bits per heavy atom. The highest BCUT2D eigenvalue weighted by atomic mass is 32.1. The predicted molar refractivity (Wildman–Crippen MR) is 265 cm³/mol. The van der Waals surface area contributed by atoms with Gasteiger partial charge in [-0.15, -0.1) is 34.0 Å². The lowest BCUT2D eigenvalue weighted by molar-refractivity contribution is 1.18. The molecule has 0 N–H and O–H groups in total. The molecule has 290 valence electrons. The molecule has 0 saturated carbocycles. The summed E-state index contributed by atoms with van der Waals surface area (Å²) in [6, 6.07) is 69.8. The topological polar surface area (TPSA) is 43.6 Å². The molecule has 0 amide bonds. The number of aromatic nitrogens is 4. The fourth-order valence-corrected chi connectivity index (χ4v) is 11.8. The first-order valence-electron chi connectivity index (χ1n) is 20.6. The molecule has 0 saturated heterocycles. The second-order valence-corrected chi connectivity index (χ2v) is 18.8. The fraction of sp³-hybridized carbons (Fsp3) is 0. The summed E-state index contributed by atoms with van der Waals surface area (Å²) >= 11 is 5.24. The Balaban J connectivity index is 0.936. The quantitative estimate of drug-likeness (QED) is 0.167. The van der Waals surface area contributed by atoms with E-state index < -0.39 is 0 Å². The predicted octanol–water partition coefficient (Wildman–Crippen LogP) is 16.1. The van der Waals surface area contributed by atoms with E-state index in [9.17, 15) is 0 Å². The smallest absolute Gasteiger partial charge is 0.124 e. The molecular weight excluding hydrogens is 813 g/mol. The Morgan fingerprint density at radius 1 is 0.306 bits per heavy atom. The van der Waals surface area contributed by atoms with Crippen molar-refractivity contribution in [3.8, 4) is 59.7 Å². The molecular formula is C55H32N4S3. The average molecular weight is 845 g/mol. The van der Waals surface area contributed by atoms with Crippen molar-refractivity contribution < 1.29 is 0 Å². The molecule has 7 heteroatoms. The Morgan fingerprint density at radius 2 is 0.742 bits per heavy atom. The Hall–Kier alpha value is -7.29. The summed E-state index contributed by atoms with van der Waals surface area (Å²) in [6.45, 7) is 0. The first-order valence-corrected chi connectivity index (χ1v) is 23.0. The van der Waals surface area contributed by atoms with Crippen LogP contribution >= 0.6 is 34.0 Å². The Kier molecular flexibility index (Phi) is 8.09. The molecule has 0 bridgehead atoms. The molecule has 4 heterocycles. The van der Waals surface area contributed by atoms with E-state index in [0.29, 0.717) is 0 Å². The molecule has 13 aromatic rings. The van der Waals surface area contributed by atoms with Crippen LogP contribution in [0.4, 0.5) is 0 Å². The van der Waals surface area contributed by atoms with Gasteiger partial charge in [-0.3, -0.25) is 0 Å². The second kappa shape index (κ2) is 14.1. The molecule has 0 fully saturated rings. The zero-order valence-corrected chi connectivity index (χ0v) is 35.4. The van der Waals surface area contributed by atoms with Crippen molar-refractivity contribution in [3.63, 3.8) is 0 Å². The summed E-state index contributed by atoms with van der Waals surface area (Å²) in [5.41, 5.74) is 14.6. The van der Waals surface area contributed by atoms with Crippen LogP contribution < -0.4 is 0 Å². The van der Waals surface area contributed by atoms with E-state index >= 15 is 0 Å². The van der Waals surface area contributed by atoms with Gasteiger partial charge in [-0.05, 0) is 130 Å². The van der Waals surface area contributed by atoms with Crippen LogP contribution in [0.25, 0.3) is 123 Å². The van der Waals surface area contributed by atoms with E-state index in [4.69, 9.17) is 15.0 Å². The highest BCUT2D eigenvalue weighted by Crippen LogP contribution is 2.42. The summed E-state index contributed by atoms with van der Waals surface area (Å²) < 4.78 is 5.95. The molecule has 0 radical (unpaired) electrons. The summed E-state index contributed by atoms with van der Waals surface area (Å²) in [5, 5.41) is 7.86. The van der Waals surface area contributed by atoms with Crippen molar-refractivity contribution in [1.29, 1.82) is 0 Å². The maximum absolute atomic E-state index is 5.16. The van der Waals surface area contributed by atoms with Crippen molar-refractivity contribution in [1.82, 2.24) is 19.5 Å². The first-order chi connectivity index (χ1) is 30.6. The van der Waals surface area contributed by atoms with E-state index in [1.54, 1.807) is 34.0 Å². The lowest BCUT2D eigenvalue weighted by Crippen LogP contribution is -1.94. The minimum Gasteiger partial charge on any atom is -0.309 e. The average Bonchev–Trinajstić information content (AvgIpc) is 4.13. The molecule has 0 aliphatic carbocycles. The number of fused-ring (bicyclic) bond motifs is 7. The largest absolute Gasteiger partial charge is 0.309 e. The second-order valence-electron chi connectivity index (χ2n) is 15.7. The third-order valence-electron chi connectivity index (χ3n) is 11.9. The standard InChI is InChI=1S/C55H32N4S3/c1-3-9-33(10-4-1)38-17-23-45-50(31-38)60-54(56-45)40-19-25-48-43(27-40)44-28-41(55-57-46-24-18-39(32-51(46)61-55)34-11-5-2-6-12-34)20-26-49(44)59(48)42-21-15-35(16-22-42)53-58-47-29-36-13-7-8-14-37(36)30-52(47)62-53/h1-32H. The summed E-state index contributed by atoms with van der Waals surface area (Å²) in [6.07, 6.45) is 0. The van der Waals surface area contributed by atoms with Crippen molar-refractivity contribution in [2.24, 2.45) is 0 Å². The maximum atomic E-state index is 5.16.